The predicted octanol–water partition coefficient (Wildman–Crippen LogP) is 4.00. The molecule has 0 amide bonds. The van der Waals surface area contributed by atoms with Crippen LogP contribution < -0.4 is 0 Å². The minimum atomic E-state index is -1.16. The van der Waals surface area contributed by atoms with E-state index in [-0.39, 0.29) is 22.4 Å². The van der Waals surface area contributed by atoms with Crippen LogP contribution in [0.15, 0.2) is 23.3 Å². The van der Waals surface area contributed by atoms with Gasteiger partial charge in [-0.25, -0.2) is 0 Å². The van der Waals surface area contributed by atoms with Crippen LogP contribution in [-0.4, -0.2) is 22.3 Å². The van der Waals surface area contributed by atoms with E-state index in [0.29, 0.717) is 30.6 Å². The SMILES string of the molecule is CC(=O)[C@@]1(O)CC[C@@H]2[C@@H]3C=C(C)C4=CC(=O)CC[C@]4(C)[C@@H]3CC[C@@]21C. The molecule has 0 bridgehead atoms. The van der Waals surface area contributed by atoms with Gasteiger partial charge in [-0.05, 0) is 80.8 Å². The molecule has 0 heterocycles. The number of ketones is 2. The fourth-order valence-corrected chi connectivity index (χ4v) is 7.01. The first-order valence-electron chi connectivity index (χ1n) is 9.81. The van der Waals surface area contributed by atoms with E-state index in [1.165, 1.54) is 11.1 Å². The predicted molar refractivity (Wildman–Crippen MR) is 96.9 cm³/mol. The van der Waals surface area contributed by atoms with Crippen molar-refractivity contribution in [3.05, 3.63) is 23.3 Å². The largest absolute Gasteiger partial charge is 0.382 e. The van der Waals surface area contributed by atoms with Crippen LogP contribution in [-0.2, 0) is 9.59 Å². The van der Waals surface area contributed by atoms with Gasteiger partial charge in [-0.3, -0.25) is 9.59 Å². The highest BCUT2D eigenvalue weighted by atomic mass is 16.3. The number of allylic oxidation sites excluding steroid dienone is 4. The van der Waals surface area contributed by atoms with Crippen LogP contribution in [0.4, 0.5) is 0 Å². The number of hydrogen-bond donors (Lipinski definition) is 1. The Bertz CT molecular complexity index is 717. The number of fused-ring (bicyclic) bond motifs is 5. The summed E-state index contributed by atoms with van der Waals surface area (Å²) in [5.41, 5.74) is 1.06. The molecular weight excluding hydrogens is 312 g/mol. The van der Waals surface area contributed by atoms with Crippen LogP contribution in [0, 0.1) is 28.6 Å². The molecule has 3 nitrogen and oxygen atoms in total. The quantitative estimate of drug-likeness (QED) is 0.783. The van der Waals surface area contributed by atoms with Gasteiger partial charge in [-0.2, -0.15) is 0 Å². The van der Waals surface area contributed by atoms with Crippen molar-refractivity contribution in [2.24, 2.45) is 28.6 Å². The third kappa shape index (κ3) is 2.02. The van der Waals surface area contributed by atoms with Gasteiger partial charge in [0, 0.05) is 11.8 Å². The molecule has 2 saturated carbocycles. The Morgan fingerprint density at radius 2 is 1.84 bits per heavy atom. The highest BCUT2D eigenvalue weighted by Crippen LogP contribution is 2.67. The van der Waals surface area contributed by atoms with Gasteiger partial charge in [-0.1, -0.05) is 25.5 Å². The van der Waals surface area contributed by atoms with Gasteiger partial charge in [-0.15, -0.1) is 0 Å². The minimum Gasteiger partial charge on any atom is -0.382 e. The van der Waals surface area contributed by atoms with Crippen molar-refractivity contribution in [3.8, 4) is 0 Å². The topological polar surface area (TPSA) is 54.4 Å². The Kier molecular flexibility index (Phi) is 3.55. The van der Waals surface area contributed by atoms with Crippen LogP contribution in [0.1, 0.15) is 66.2 Å². The van der Waals surface area contributed by atoms with Crippen molar-refractivity contribution in [2.75, 3.05) is 0 Å². The molecule has 0 aromatic rings. The van der Waals surface area contributed by atoms with Crippen LogP contribution in [0.3, 0.4) is 0 Å². The van der Waals surface area contributed by atoms with Gasteiger partial charge in [0.15, 0.2) is 11.6 Å². The standard InChI is InChI=1S/C22H30O3/c1-13-11-16-17(20(3)8-5-15(24)12-19(13)20)6-9-21(4)18(16)7-10-22(21,25)14(2)23/h11-12,16-18,25H,5-10H2,1-4H3/t16-,17-,18-,20-,21+,22+/m1/s1. The Morgan fingerprint density at radius 3 is 2.52 bits per heavy atom. The van der Waals surface area contributed by atoms with Crippen molar-refractivity contribution in [2.45, 2.75) is 71.8 Å². The highest BCUT2D eigenvalue weighted by Gasteiger charge is 2.65. The van der Waals surface area contributed by atoms with Crippen molar-refractivity contribution >= 4 is 11.6 Å². The zero-order valence-corrected chi connectivity index (χ0v) is 15.9. The second-order valence-electron chi connectivity index (χ2n) is 9.49. The molecule has 4 aliphatic rings. The normalized spacial score (nSPS) is 48.8. The Balaban J connectivity index is 1.80. The average molecular weight is 342 g/mol. The summed E-state index contributed by atoms with van der Waals surface area (Å²) in [5, 5.41) is 11.2. The number of hydrogen-bond acceptors (Lipinski definition) is 3. The Labute approximate surface area is 150 Å². The van der Waals surface area contributed by atoms with E-state index in [1.54, 1.807) is 6.92 Å². The number of aliphatic hydroxyl groups is 1. The molecule has 0 spiro atoms. The number of Topliss-reactive ketones (excluding diaryl/α,β-unsaturated/α-hetero) is 1. The van der Waals surface area contributed by atoms with E-state index in [1.807, 2.05) is 6.08 Å². The van der Waals surface area contributed by atoms with Crippen LogP contribution in [0.25, 0.3) is 0 Å². The lowest BCUT2D eigenvalue weighted by atomic mass is 9.47. The number of carbonyl (C=O) groups is 2. The molecule has 0 aromatic carbocycles. The van der Waals surface area contributed by atoms with Crippen LogP contribution in [0.2, 0.25) is 0 Å². The molecular formula is C22H30O3. The fourth-order valence-electron chi connectivity index (χ4n) is 7.01. The maximum Gasteiger partial charge on any atom is 0.161 e. The highest BCUT2D eigenvalue weighted by molar-refractivity contribution is 5.92. The van der Waals surface area contributed by atoms with Gasteiger partial charge < -0.3 is 5.11 Å². The molecule has 0 aromatic heterocycles. The molecule has 3 heteroatoms. The molecule has 0 saturated heterocycles. The first-order valence-corrected chi connectivity index (χ1v) is 9.81. The molecule has 4 rings (SSSR count). The van der Waals surface area contributed by atoms with Crippen molar-refractivity contribution in [1.82, 2.24) is 0 Å². The lowest BCUT2D eigenvalue weighted by Gasteiger charge is -2.57. The molecule has 4 aliphatic carbocycles. The van der Waals surface area contributed by atoms with E-state index in [9.17, 15) is 14.7 Å². The molecule has 6 atom stereocenters. The van der Waals surface area contributed by atoms with E-state index in [2.05, 4.69) is 26.8 Å². The zero-order valence-electron chi connectivity index (χ0n) is 15.9. The van der Waals surface area contributed by atoms with Gasteiger partial charge >= 0.3 is 0 Å². The lowest BCUT2D eigenvalue weighted by molar-refractivity contribution is -0.156. The fraction of sp³-hybridized carbons (Fsp3) is 0.727. The summed E-state index contributed by atoms with van der Waals surface area (Å²) in [6.45, 7) is 8.17. The molecule has 2 fully saturated rings. The van der Waals surface area contributed by atoms with Gasteiger partial charge in [0.05, 0.1) is 0 Å². The van der Waals surface area contributed by atoms with Gasteiger partial charge in [0.1, 0.15) is 5.60 Å². The van der Waals surface area contributed by atoms with Crippen molar-refractivity contribution in [3.63, 3.8) is 0 Å². The zero-order chi connectivity index (χ0) is 18.2. The second kappa shape index (κ2) is 5.16. The van der Waals surface area contributed by atoms with Crippen LogP contribution in [0.5, 0.6) is 0 Å². The number of rotatable bonds is 1. The minimum absolute atomic E-state index is 0.0651. The summed E-state index contributed by atoms with van der Waals surface area (Å²) < 4.78 is 0. The summed E-state index contributed by atoms with van der Waals surface area (Å²) in [4.78, 5) is 24.3. The molecule has 1 N–H and O–H groups in total. The van der Waals surface area contributed by atoms with Crippen molar-refractivity contribution < 1.29 is 14.7 Å². The molecule has 0 aliphatic heterocycles. The van der Waals surface area contributed by atoms with E-state index in [4.69, 9.17) is 0 Å². The first-order chi connectivity index (χ1) is 11.6. The molecule has 136 valence electrons. The Hall–Kier alpha value is -1.22. The molecule has 0 unspecified atom stereocenters. The lowest BCUT2D eigenvalue weighted by Crippen LogP contribution is -2.56. The Morgan fingerprint density at radius 1 is 1.16 bits per heavy atom. The van der Waals surface area contributed by atoms with Gasteiger partial charge in [0.25, 0.3) is 0 Å². The molecule has 25 heavy (non-hydrogen) atoms. The summed E-state index contributed by atoms with van der Waals surface area (Å²) in [6, 6.07) is 0. The smallest absolute Gasteiger partial charge is 0.161 e. The number of carbonyl (C=O) groups excluding carboxylic acids is 2. The summed E-state index contributed by atoms with van der Waals surface area (Å²) in [7, 11) is 0. The second-order valence-corrected chi connectivity index (χ2v) is 9.49. The van der Waals surface area contributed by atoms with Crippen LogP contribution >= 0.6 is 0 Å². The monoisotopic (exact) mass is 342 g/mol. The summed E-state index contributed by atoms with van der Waals surface area (Å²) in [5.74, 6) is 1.46. The van der Waals surface area contributed by atoms with E-state index in [0.717, 1.165) is 25.7 Å². The summed E-state index contributed by atoms with van der Waals surface area (Å²) >= 11 is 0. The molecule has 0 radical (unpaired) electrons. The third-order valence-electron chi connectivity index (χ3n) is 8.56. The third-order valence-corrected chi connectivity index (χ3v) is 8.56. The average Bonchev–Trinajstić information content (AvgIpc) is 2.83. The van der Waals surface area contributed by atoms with Gasteiger partial charge in [0.2, 0.25) is 0 Å². The maximum absolute atomic E-state index is 12.3. The first kappa shape index (κ1) is 17.2. The van der Waals surface area contributed by atoms with E-state index >= 15 is 0 Å². The van der Waals surface area contributed by atoms with Crippen molar-refractivity contribution in [1.29, 1.82) is 0 Å². The summed E-state index contributed by atoms with van der Waals surface area (Å²) in [6.07, 6.45) is 9.28. The maximum atomic E-state index is 12.3. The van der Waals surface area contributed by atoms with E-state index < -0.39 is 5.60 Å².